The molecule has 0 amide bonds. The molecule has 0 fully saturated rings. The van der Waals surface area contributed by atoms with Gasteiger partial charge in [0.15, 0.2) is 0 Å². The Kier molecular flexibility index (Phi) is 9.46. The SMILES string of the molecule is CC(O)C(O)CCC(O)C(O)C(O)CCC(O)CO. The number of hydrogen-bond donors (Lipinski definition) is 7. The summed E-state index contributed by atoms with van der Waals surface area (Å²) in [5, 5.41) is 64.9. The highest BCUT2D eigenvalue weighted by Gasteiger charge is 2.26. The molecule has 0 saturated heterocycles. The van der Waals surface area contributed by atoms with Crippen LogP contribution in [-0.4, -0.2) is 79.0 Å². The van der Waals surface area contributed by atoms with E-state index in [1.807, 2.05) is 0 Å². The Bertz CT molecular complexity index is 224. The molecule has 0 aliphatic heterocycles. The first kappa shape index (κ1) is 18.7. The van der Waals surface area contributed by atoms with Crippen LogP contribution in [0.5, 0.6) is 0 Å². The van der Waals surface area contributed by atoms with E-state index in [0.717, 1.165) is 0 Å². The maximum atomic E-state index is 9.64. The van der Waals surface area contributed by atoms with Crippen molar-refractivity contribution in [3.05, 3.63) is 0 Å². The summed E-state index contributed by atoms with van der Waals surface area (Å²) in [7, 11) is 0. The molecule has 0 rings (SSSR count). The van der Waals surface area contributed by atoms with Crippen LogP contribution in [0.4, 0.5) is 0 Å². The molecular weight excluding hydrogens is 256 g/mol. The van der Waals surface area contributed by atoms with E-state index in [-0.39, 0.29) is 25.7 Å². The van der Waals surface area contributed by atoms with Gasteiger partial charge in [-0.05, 0) is 32.6 Å². The van der Waals surface area contributed by atoms with Crippen molar-refractivity contribution >= 4 is 0 Å². The lowest BCUT2D eigenvalue weighted by Gasteiger charge is -2.24. The quantitative estimate of drug-likeness (QED) is 0.239. The number of aliphatic hydroxyl groups is 7. The highest BCUT2D eigenvalue weighted by molar-refractivity contribution is 4.77. The van der Waals surface area contributed by atoms with Crippen molar-refractivity contribution in [1.82, 2.24) is 0 Å². The van der Waals surface area contributed by atoms with Gasteiger partial charge in [0.25, 0.3) is 0 Å². The van der Waals surface area contributed by atoms with Crippen molar-refractivity contribution < 1.29 is 35.7 Å². The highest BCUT2D eigenvalue weighted by atomic mass is 16.4. The first-order chi connectivity index (χ1) is 8.79. The Morgan fingerprint density at radius 1 is 0.684 bits per heavy atom. The van der Waals surface area contributed by atoms with E-state index in [2.05, 4.69) is 0 Å². The molecule has 0 aliphatic rings. The van der Waals surface area contributed by atoms with Crippen LogP contribution in [0.15, 0.2) is 0 Å². The molecular formula is C12H26O7. The molecule has 0 aromatic heterocycles. The monoisotopic (exact) mass is 282 g/mol. The van der Waals surface area contributed by atoms with Crippen molar-refractivity contribution in [3.8, 4) is 0 Å². The molecule has 0 spiro atoms. The lowest BCUT2D eigenvalue weighted by Crippen LogP contribution is -2.39. The van der Waals surface area contributed by atoms with Crippen LogP contribution in [0.2, 0.25) is 0 Å². The molecule has 7 nitrogen and oxygen atoms in total. The Hall–Kier alpha value is -0.280. The van der Waals surface area contributed by atoms with Gasteiger partial charge in [0.05, 0.1) is 37.1 Å². The summed E-state index contributed by atoms with van der Waals surface area (Å²) >= 11 is 0. The van der Waals surface area contributed by atoms with Gasteiger partial charge < -0.3 is 35.7 Å². The fourth-order valence-corrected chi connectivity index (χ4v) is 1.64. The van der Waals surface area contributed by atoms with Gasteiger partial charge in [-0.1, -0.05) is 0 Å². The molecule has 19 heavy (non-hydrogen) atoms. The first-order valence-electron chi connectivity index (χ1n) is 6.48. The third-order valence-electron chi connectivity index (χ3n) is 3.11. The van der Waals surface area contributed by atoms with Crippen LogP contribution in [0.3, 0.4) is 0 Å². The van der Waals surface area contributed by atoms with Crippen LogP contribution in [-0.2, 0) is 0 Å². The summed E-state index contributed by atoms with van der Waals surface area (Å²) in [6.07, 6.45) is -6.44. The zero-order valence-corrected chi connectivity index (χ0v) is 11.1. The Labute approximate surface area is 112 Å². The van der Waals surface area contributed by atoms with Crippen LogP contribution >= 0.6 is 0 Å². The summed E-state index contributed by atoms with van der Waals surface area (Å²) in [5.41, 5.74) is 0. The minimum atomic E-state index is -1.40. The summed E-state index contributed by atoms with van der Waals surface area (Å²) in [4.78, 5) is 0. The van der Waals surface area contributed by atoms with Gasteiger partial charge in [-0.15, -0.1) is 0 Å². The summed E-state index contributed by atoms with van der Waals surface area (Å²) in [5.74, 6) is 0. The summed E-state index contributed by atoms with van der Waals surface area (Å²) in [6, 6.07) is 0. The zero-order valence-electron chi connectivity index (χ0n) is 11.1. The van der Waals surface area contributed by atoms with Gasteiger partial charge in [0.1, 0.15) is 6.10 Å². The molecule has 0 bridgehead atoms. The van der Waals surface area contributed by atoms with E-state index in [1.54, 1.807) is 0 Å². The number of rotatable bonds is 10. The predicted molar refractivity (Wildman–Crippen MR) is 67.3 cm³/mol. The Morgan fingerprint density at radius 3 is 1.53 bits per heavy atom. The minimum absolute atomic E-state index is 0.0346. The van der Waals surface area contributed by atoms with Gasteiger partial charge in [-0.3, -0.25) is 0 Å². The Morgan fingerprint density at radius 2 is 1.11 bits per heavy atom. The van der Waals surface area contributed by atoms with Crippen molar-refractivity contribution in [2.75, 3.05) is 6.61 Å². The summed E-state index contributed by atoms with van der Waals surface area (Å²) in [6.45, 7) is 0.991. The average Bonchev–Trinajstić information content (AvgIpc) is 2.39. The molecule has 6 atom stereocenters. The standard InChI is InChI=1S/C12H26O7/c1-7(14)9(16)4-5-11(18)12(19)10(17)3-2-8(15)6-13/h7-19H,2-6H2,1H3. The summed E-state index contributed by atoms with van der Waals surface area (Å²) < 4.78 is 0. The third-order valence-corrected chi connectivity index (χ3v) is 3.11. The maximum Gasteiger partial charge on any atom is 0.106 e. The second-order valence-electron chi connectivity index (χ2n) is 4.92. The van der Waals surface area contributed by atoms with Gasteiger partial charge in [-0.25, -0.2) is 0 Å². The van der Waals surface area contributed by atoms with Crippen LogP contribution in [0, 0.1) is 0 Å². The van der Waals surface area contributed by atoms with E-state index < -0.39 is 43.2 Å². The smallest absolute Gasteiger partial charge is 0.106 e. The lowest BCUT2D eigenvalue weighted by molar-refractivity contribution is -0.0745. The van der Waals surface area contributed by atoms with E-state index in [0.29, 0.717) is 0 Å². The van der Waals surface area contributed by atoms with Gasteiger partial charge in [0, 0.05) is 0 Å². The van der Waals surface area contributed by atoms with Crippen molar-refractivity contribution in [1.29, 1.82) is 0 Å². The molecule has 6 unspecified atom stereocenters. The Balaban J connectivity index is 3.99. The van der Waals surface area contributed by atoms with Gasteiger partial charge in [-0.2, -0.15) is 0 Å². The van der Waals surface area contributed by atoms with Gasteiger partial charge in [0.2, 0.25) is 0 Å². The second-order valence-corrected chi connectivity index (χ2v) is 4.92. The molecule has 0 aromatic carbocycles. The lowest BCUT2D eigenvalue weighted by atomic mass is 9.97. The van der Waals surface area contributed by atoms with Crippen LogP contribution < -0.4 is 0 Å². The largest absolute Gasteiger partial charge is 0.394 e. The second kappa shape index (κ2) is 9.60. The average molecular weight is 282 g/mol. The van der Waals surface area contributed by atoms with Gasteiger partial charge >= 0.3 is 0 Å². The molecule has 7 heteroatoms. The predicted octanol–water partition coefficient (Wildman–Crippen LogP) is -2.28. The van der Waals surface area contributed by atoms with E-state index in [9.17, 15) is 20.4 Å². The molecule has 0 saturated carbocycles. The van der Waals surface area contributed by atoms with E-state index in [4.69, 9.17) is 15.3 Å². The maximum absolute atomic E-state index is 9.64. The number of aliphatic hydroxyl groups excluding tert-OH is 7. The van der Waals surface area contributed by atoms with Crippen molar-refractivity contribution in [2.24, 2.45) is 0 Å². The van der Waals surface area contributed by atoms with Crippen molar-refractivity contribution in [2.45, 2.75) is 69.2 Å². The molecule has 7 N–H and O–H groups in total. The third kappa shape index (κ3) is 7.78. The van der Waals surface area contributed by atoms with Crippen molar-refractivity contribution in [3.63, 3.8) is 0 Å². The zero-order chi connectivity index (χ0) is 15.0. The number of hydrogen-bond acceptors (Lipinski definition) is 7. The first-order valence-corrected chi connectivity index (χ1v) is 6.48. The van der Waals surface area contributed by atoms with Crippen LogP contribution in [0.25, 0.3) is 0 Å². The molecule has 0 radical (unpaired) electrons. The highest BCUT2D eigenvalue weighted by Crippen LogP contribution is 2.14. The topological polar surface area (TPSA) is 142 Å². The fourth-order valence-electron chi connectivity index (χ4n) is 1.64. The molecule has 0 aliphatic carbocycles. The minimum Gasteiger partial charge on any atom is -0.394 e. The molecule has 0 heterocycles. The van der Waals surface area contributed by atoms with E-state index >= 15 is 0 Å². The molecule has 116 valence electrons. The molecule has 0 aromatic rings. The van der Waals surface area contributed by atoms with E-state index in [1.165, 1.54) is 6.92 Å². The fraction of sp³-hybridized carbons (Fsp3) is 1.00. The normalized spacial score (nSPS) is 21.5. The van der Waals surface area contributed by atoms with Crippen LogP contribution in [0.1, 0.15) is 32.6 Å².